The van der Waals surface area contributed by atoms with Gasteiger partial charge in [-0.15, -0.1) is 0 Å². The minimum absolute atomic E-state index is 0.0101. The van der Waals surface area contributed by atoms with Gasteiger partial charge in [-0.3, -0.25) is 4.98 Å². The standard InChI is InChI=1S/C37H56BrF3N6O5Si2/c1-36(2,3)52-35(49)46-26-11-12-27(46)19-25(18-26)31-30(38)34(45(22-50-14-16-53(4,5)6)23-51-15-17-54(7,8)9)47-33(44-31)28(21-43-47)24-10-13-29(42-20-24)32(48)37(39,40)41/h10,13,20-21,25-27,32,48H,11-12,14-19,22-23H2,1-9H3/t25-,26-,27+,32?. The van der Waals surface area contributed by atoms with Crippen molar-refractivity contribution in [3.63, 3.8) is 0 Å². The van der Waals surface area contributed by atoms with Crippen molar-refractivity contribution >= 4 is 49.6 Å². The van der Waals surface area contributed by atoms with E-state index < -0.39 is 39.7 Å². The summed E-state index contributed by atoms with van der Waals surface area (Å²) in [4.78, 5) is 26.4. The summed E-state index contributed by atoms with van der Waals surface area (Å²) in [6, 6.07) is 4.63. The Kier molecular flexibility index (Phi) is 13.0. The number of anilines is 1. The zero-order chi connectivity index (χ0) is 39.8. The highest BCUT2D eigenvalue weighted by Gasteiger charge is 2.46. The van der Waals surface area contributed by atoms with Gasteiger partial charge in [-0.1, -0.05) is 45.3 Å². The average molecular weight is 858 g/mol. The predicted molar refractivity (Wildman–Crippen MR) is 212 cm³/mol. The molecule has 0 spiro atoms. The van der Waals surface area contributed by atoms with Crippen LogP contribution in [-0.2, 0) is 14.2 Å². The van der Waals surface area contributed by atoms with Crippen molar-refractivity contribution in [3.8, 4) is 11.1 Å². The molecule has 54 heavy (non-hydrogen) atoms. The van der Waals surface area contributed by atoms with E-state index in [1.54, 1.807) is 10.7 Å². The van der Waals surface area contributed by atoms with Gasteiger partial charge in [-0.2, -0.15) is 22.8 Å². The molecular weight excluding hydrogens is 802 g/mol. The number of rotatable bonds is 14. The minimum atomic E-state index is -4.84. The highest BCUT2D eigenvalue weighted by atomic mass is 79.9. The maximum absolute atomic E-state index is 13.3. The largest absolute Gasteiger partial charge is 0.444 e. The number of aliphatic hydroxyl groups excluding tert-OH is 1. The van der Waals surface area contributed by atoms with Gasteiger partial charge < -0.3 is 29.1 Å². The molecule has 2 saturated heterocycles. The Labute approximate surface area is 327 Å². The van der Waals surface area contributed by atoms with Crippen LogP contribution < -0.4 is 4.90 Å². The maximum atomic E-state index is 13.3. The Morgan fingerprint density at radius 2 is 1.56 bits per heavy atom. The second kappa shape index (κ2) is 16.5. The van der Waals surface area contributed by atoms with Crippen LogP contribution >= 0.6 is 15.9 Å². The number of carbonyl (C=O) groups excluding carboxylic acids is 1. The second-order valence-corrected chi connectivity index (χ2v) is 30.1. The first kappa shape index (κ1) is 42.6. The summed E-state index contributed by atoms with van der Waals surface area (Å²) in [5, 5.41) is 14.6. The number of nitrogens with zero attached hydrogens (tertiary/aromatic N) is 6. The topological polar surface area (TPSA) is 115 Å². The molecule has 5 rings (SSSR count). The van der Waals surface area contributed by atoms with Crippen molar-refractivity contribution in [2.75, 3.05) is 31.6 Å². The fourth-order valence-electron chi connectivity index (χ4n) is 6.90. The van der Waals surface area contributed by atoms with Gasteiger partial charge in [-0.05, 0) is 80.5 Å². The first-order valence-corrected chi connectivity index (χ1v) is 26.9. The van der Waals surface area contributed by atoms with E-state index in [4.69, 9.17) is 24.3 Å². The van der Waals surface area contributed by atoms with Gasteiger partial charge >= 0.3 is 12.3 Å². The summed E-state index contributed by atoms with van der Waals surface area (Å²) in [6.45, 7) is 21.1. The summed E-state index contributed by atoms with van der Waals surface area (Å²) >= 11 is 3.96. The van der Waals surface area contributed by atoms with E-state index in [-0.39, 0.29) is 37.6 Å². The summed E-state index contributed by atoms with van der Waals surface area (Å²) in [5.41, 5.74) is 1.25. The lowest BCUT2D eigenvalue weighted by Gasteiger charge is -2.39. The lowest BCUT2D eigenvalue weighted by Crippen LogP contribution is -2.48. The van der Waals surface area contributed by atoms with Gasteiger partial charge in [0.25, 0.3) is 0 Å². The number of alkyl halides is 3. The average Bonchev–Trinajstić information content (AvgIpc) is 3.59. The quantitative estimate of drug-likeness (QED) is 0.0963. The van der Waals surface area contributed by atoms with E-state index in [1.165, 1.54) is 18.3 Å². The van der Waals surface area contributed by atoms with Crippen LogP contribution in [0.5, 0.6) is 0 Å². The zero-order valence-corrected chi connectivity index (χ0v) is 36.6. The van der Waals surface area contributed by atoms with E-state index in [0.29, 0.717) is 48.6 Å². The zero-order valence-electron chi connectivity index (χ0n) is 33.0. The number of carbonyl (C=O) groups is 1. The van der Waals surface area contributed by atoms with Crippen LogP contribution in [0.1, 0.15) is 69.9 Å². The van der Waals surface area contributed by atoms with Crippen molar-refractivity contribution in [2.24, 2.45) is 0 Å². The number of amides is 1. The molecule has 4 atom stereocenters. The third-order valence-electron chi connectivity index (χ3n) is 9.79. The van der Waals surface area contributed by atoms with Crippen LogP contribution in [0.2, 0.25) is 51.4 Å². The molecule has 2 bridgehead atoms. The van der Waals surface area contributed by atoms with E-state index in [0.717, 1.165) is 35.1 Å². The molecule has 1 N–H and O–H groups in total. The number of pyridine rings is 1. The van der Waals surface area contributed by atoms with Crippen molar-refractivity contribution in [3.05, 3.63) is 40.4 Å². The van der Waals surface area contributed by atoms with Crippen molar-refractivity contribution in [2.45, 2.75) is 134 Å². The van der Waals surface area contributed by atoms with Crippen LogP contribution in [0.25, 0.3) is 16.8 Å². The van der Waals surface area contributed by atoms with Crippen LogP contribution in [-0.4, -0.2) is 102 Å². The van der Waals surface area contributed by atoms with Gasteiger partial charge in [0.2, 0.25) is 0 Å². The molecule has 0 aliphatic carbocycles. The van der Waals surface area contributed by atoms with E-state index in [9.17, 15) is 23.1 Å². The number of hydrogen-bond donors (Lipinski definition) is 1. The molecule has 2 aliphatic heterocycles. The first-order valence-electron chi connectivity index (χ1n) is 18.7. The number of aliphatic hydroxyl groups is 1. The Morgan fingerprint density at radius 1 is 0.981 bits per heavy atom. The molecule has 5 heterocycles. The van der Waals surface area contributed by atoms with E-state index in [2.05, 4.69) is 60.2 Å². The van der Waals surface area contributed by atoms with Crippen molar-refractivity contribution in [1.29, 1.82) is 0 Å². The SMILES string of the molecule is CC(C)(C)OC(=O)N1[C@@H]2CC[C@H]1C[C@H](c1nc3c(-c4ccc(C(O)C(F)(F)F)nc4)cnn3c(N(COCC[Si](C)(C)C)COCC[Si](C)(C)C)c1Br)C2. The summed E-state index contributed by atoms with van der Waals surface area (Å²) < 4.78 is 60.7. The number of aromatic nitrogens is 4. The van der Waals surface area contributed by atoms with Crippen LogP contribution in [0, 0.1) is 0 Å². The fraction of sp³-hybridized carbons (Fsp3) is 0.676. The molecule has 1 unspecified atom stereocenters. The molecular formula is C37H56BrF3N6O5Si2. The van der Waals surface area contributed by atoms with Crippen LogP contribution in [0.3, 0.4) is 0 Å². The van der Waals surface area contributed by atoms with Gasteiger partial charge in [0, 0.05) is 64.7 Å². The molecule has 2 fully saturated rings. The van der Waals surface area contributed by atoms with Gasteiger partial charge in [0.15, 0.2) is 17.6 Å². The van der Waals surface area contributed by atoms with Crippen molar-refractivity contribution in [1.82, 2.24) is 24.5 Å². The summed E-state index contributed by atoms with van der Waals surface area (Å²) in [5.74, 6) is 0.660. The van der Waals surface area contributed by atoms with Crippen LogP contribution in [0.4, 0.5) is 23.8 Å². The molecule has 3 aromatic rings. The monoisotopic (exact) mass is 856 g/mol. The first-order chi connectivity index (χ1) is 25.0. The van der Waals surface area contributed by atoms with Gasteiger partial charge in [0.05, 0.1) is 22.1 Å². The Morgan fingerprint density at radius 3 is 2.04 bits per heavy atom. The Hall–Kier alpha value is -2.58. The summed E-state index contributed by atoms with van der Waals surface area (Å²) in [7, 11) is -2.73. The maximum Gasteiger partial charge on any atom is 0.420 e. The lowest BCUT2D eigenvalue weighted by atomic mass is 9.88. The summed E-state index contributed by atoms with van der Waals surface area (Å²) in [6.07, 6.45) is -1.78. The Bertz CT molecular complexity index is 1720. The minimum Gasteiger partial charge on any atom is -0.444 e. The fourth-order valence-corrected chi connectivity index (χ4v) is 9.24. The molecule has 3 aromatic heterocycles. The smallest absolute Gasteiger partial charge is 0.420 e. The number of ether oxygens (including phenoxy) is 3. The third kappa shape index (κ3) is 10.6. The molecule has 0 saturated carbocycles. The van der Waals surface area contributed by atoms with E-state index in [1.807, 2.05) is 30.6 Å². The molecule has 11 nitrogen and oxygen atoms in total. The molecule has 300 valence electrons. The number of fused-ring (bicyclic) bond motifs is 3. The van der Waals surface area contributed by atoms with Crippen molar-refractivity contribution < 1.29 is 37.3 Å². The normalized spacial score (nSPS) is 20.1. The molecule has 1 amide bonds. The number of halogens is 4. The molecule has 17 heteroatoms. The highest BCUT2D eigenvalue weighted by molar-refractivity contribution is 9.10. The van der Waals surface area contributed by atoms with Gasteiger partial charge in [0.1, 0.15) is 19.1 Å². The second-order valence-electron chi connectivity index (χ2n) is 18.0. The highest BCUT2D eigenvalue weighted by Crippen LogP contribution is 2.47. The Balaban J connectivity index is 1.57. The van der Waals surface area contributed by atoms with E-state index >= 15 is 0 Å². The van der Waals surface area contributed by atoms with Crippen LogP contribution in [0.15, 0.2) is 29.0 Å². The number of piperidine rings is 1. The predicted octanol–water partition coefficient (Wildman–Crippen LogP) is 9.23. The molecule has 0 radical (unpaired) electrons. The molecule has 2 aliphatic rings. The third-order valence-corrected chi connectivity index (χ3v) is 14.0. The lowest BCUT2D eigenvalue weighted by molar-refractivity contribution is -0.207. The van der Waals surface area contributed by atoms with Gasteiger partial charge in [-0.25, -0.2) is 9.78 Å². The molecule has 0 aromatic carbocycles. The number of hydrogen-bond acceptors (Lipinski definition) is 9.